The van der Waals surface area contributed by atoms with Gasteiger partial charge in [0, 0.05) is 29.7 Å². The molecule has 0 aliphatic heterocycles. The number of rotatable bonds is 5. The summed E-state index contributed by atoms with van der Waals surface area (Å²) in [5, 5.41) is 5.53. The number of nitrogens with one attached hydrogen (secondary N) is 2. The molecule has 0 atom stereocenters. The summed E-state index contributed by atoms with van der Waals surface area (Å²) < 4.78 is 51.3. The maximum Gasteiger partial charge on any atom is 0.417 e. The summed E-state index contributed by atoms with van der Waals surface area (Å²) in [6, 6.07) is 12.5. The van der Waals surface area contributed by atoms with E-state index in [4.69, 9.17) is 0 Å². The van der Waals surface area contributed by atoms with E-state index in [1.165, 1.54) is 42.7 Å². The predicted octanol–water partition coefficient (Wildman–Crippen LogP) is 5.69. The minimum absolute atomic E-state index is 0.138. The first-order valence-electron chi connectivity index (χ1n) is 9.57. The maximum atomic E-state index is 13.3. The zero-order valence-electron chi connectivity index (χ0n) is 16.8. The molecular formula is C23H15F4N5O. The van der Waals surface area contributed by atoms with Crippen LogP contribution < -0.4 is 10.6 Å². The summed E-state index contributed by atoms with van der Waals surface area (Å²) in [5.41, 5.74) is 1.14. The van der Waals surface area contributed by atoms with Crippen LogP contribution in [0.5, 0.6) is 0 Å². The molecule has 166 valence electrons. The van der Waals surface area contributed by atoms with E-state index in [0.717, 1.165) is 6.07 Å². The smallest absolute Gasteiger partial charge is 0.325 e. The number of nitrogens with zero attached hydrogens (tertiary/aromatic N) is 3. The van der Waals surface area contributed by atoms with Gasteiger partial charge in [0.15, 0.2) is 0 Å². The van der Waals surface area contributed by atoms with Gasteiger partial charge >= 0.3 is 6.18 Å². The zero-order chi connectivity index (χ0) is 23.4. The first-order chi connectivity index (χ1) is 15.8. The zero-order valence-corrected chi connectivity index (χ0v) is 16.8. The van der Waals surface area contributed by atoms with Crippen molar-refractivity contribution in [1.82, 2.24) is 15.0 Å². The fourth-order valence-electron chi connectivity index (χ4n) is 2.98. The molecule has 0 bridgehead atoms. The summed E-state index contributed by atoms with van der Waals surface area (Å²) in [7, 11) is 0. The second kappa shape index (κ2) is 9.03. The molecule has 0 saturated heterocycles. The number of hydrogen-bond acceptors (Lipinski definition) is 5. The van der Waals surface area contributed by atoms with E-state index in [-0.39, 0.29) is 23.0 Å². The Morgan fingerprint density at radius 1 is 0.848 bits per heavy atom. The molecule has 1 amide bonds. The highest BCUT2D eigenvalue weighted by molar-refractivity contribution is 6.06. The van der Waals surface area contributed by atoms with Crippen LogP contribution in [-0.2, 0) is 6.18 Å². The molecule has 0 saturated carbocycles. The van der Waals surface area contributed by atoms with E-state index in [1.807, 2.05) is 0 Å². The van der Waals surface area contributed by atoms with E-state index in [0.29, 0.717) is 23.0 Å². The Balaban J connectivity index is 1.52. The molecule has 0 unspecified atom stereocenters. The van der Waals surface area contributed by atoms with Crippen LogP contribution in [0.1, 0.15) is 15.9 Å². The van der Waals surface area contributed by atoms with E-state index < -0.39 is 17.6 Å². The van der Waals surface area contributed by atoms with Gasteiger partial charge in [0.2, 0.25) is 0 Å². The fourth-order valence-corrected chi connectivity index (χ4v) is 2.98. The maximum absolute atomic E-state index is 13.3. The average Bonchev–Trinajstić information content (AvgIpc) is 2.80. The molecule has 0 aliphatic carbocycles. The average molecular weight is 453 g/mol. The van der Waals surface area contributed by atoms with Gasteiger partial charge in [-0.25, -0.2) is 14.4 Å². The molecule has 10 heteroatoms. The van der Waals surface area contributed by atoms with Crippen molar-refractivity contribution < 1.29 is 22.4 Å². The Morgan fingerprint density at radius 3 is 2.33 bits per heavy atom. The van der Waals surface area contributed by atoms with Crippen LogP contribution in [0.3, 0.4) is 0 Å². The Labute approximate surface area is 185 Å². The molecule has 0 aliphatic rings. The molecule has 1 aromatic carbocycles. The van der Waals surface area contributed by atoms with Crippen LogP contribution in [0.2, 0.25) is 0 Å². The Morgan fingerprint density at radius 2 is 1.64 bits per heavy atom. The van der Waals surface area contributed by atoms with Gasteiger partial charge in [-0.3, -0.25) is 9.78 Å². The van der Waals surface area contributed by atoms with Crippen LogP contribution in [-0.4, -0.2) is 20.9 Å². The quantitative estimate of drug-likeness (QED) is 0.380. The van der Waals surface area contributed by atoms with Gasteiger partial charge in [0.05, 0.1) is 17.4 Å². The fraction of sp³-hybridized carbons (Fsp3) is 0.0435. The highest BCUT2D eigenvalue weighted by Gasteiger charge is 2.30. The normalized spacial score (nSPS) is 11.2. The van der Waals surface area contributed by atoms with Crippen LogP contribution in [0.15, 0.2) is 79.4 Å². The van der Waals surface area contributed by atoms with Crippen molar-refractivity contribution >= 4 is 23.2 Å². The molecule has 6 nitrogen and oxygen atoms in total. The number of pyridine rings is 3. The third-order valence-corrected chi connectivity index (χ3v) is 4.59. The van der Waals surface area contributed by atoms with Gasteiger partial charge in [-0.1, -0.05) is 12.1 Å². The van der Waals surface area contributed by atoms with Crippen molar-refractivity contribution in [2.24, 2.45) is 0 Å². The molecule has 3 aromatic heterocycles. The minimum Gasteiger partial charge on any atom is -0.325 e. The number of benzene rings is 1. The molecular weight excluding hydrogens is 438 g/mol. The molecule has 0 radical (unpaired) electrons. The SMILES string of the molecule is O=C(Nc1cnccc1-c1ccc(F)cc1)c1ccnc(Nc2ccc(C(F)(F)F)cn2)c1. The molecule has 33 heavy (non-hydrogen) atoms. The third kappa shape index (κ3) is 5.29. The molecule has 4 aromatic rings. The molecule has 0 fully saturated rings. The van der Waals surface area contributed by atoms with Crippen molar-refractivity contribution in [3.8, 4) is 11.1 Å². The number of alkyl halides is 3. The standard InChI is InChI=1S/C23H15F4N5O/c24-17-4-1-14(2-5-17)18-8-9-28-13-19(18)31-22(33)15-7-10-29-21(11-15)32-20-6-3-16(12-30-20)23(25,26)27/h1-13H,(H,31,33)(H,29,30,32). The van der Waals surface area contributed by atoms with E-state index in [2.05, 4.69) is 25.6 Å². The number of anilines is 3. The van der Waals surface area contributed by atoms with Crippen molar-refractivity contribution in [2.45, 2.75) is 6.18 Å². The highest BCUT2D eigenvalue weighted by atomic mass is 19.4. The van der Waals surface area contributed by atoms with Crippen molar-refractivity contribution in [1.29, 1.82) is 0 Å². The van der Waals surface area contributed by atoms with Gasteiger partial charge in [0.1, 0.15) is 17.5 Å². The lowest BCUT2D eigenvalue weighted by atomic mass is 10.1. The Hall–Kier alpha value is -4.34. The Bertz CT molecular complexity index is 1280. The predicted molar refractivity (Wildman–Crippen MR) is 114 cm³/mol. The second-order valence-electron chi connectivity index (χ2n) is 6.87. The number of amides is 1. The van der Waals surface area contributed by atoms with Crippen molar-refractivity contribution in [3.63, 3.8) is 0 Å². The first kappa shape index (κ1) is 21.9. The highest BCUT2D eigenvalue weighted by Crippen LogP contribution is 2.30. The molecule has 4 rings (SSSR count). The van der Waals surface area contributed by atoms with E-state index in [9.17, 15) is 22.4 Å². The topological polar surface area (TPSA) is 79.8 Å². The number of carbonyl (C=O) groups is 1. The lowest BCUT2D eigenvalue weighted by Gasteiger charge is -2.12. The van der Waals surface area contributed by atoms with E-state index in [1.54, 1.807) is 24.4 Å². The number of hydrogen-bond donors (Lipinski definition) is 2. The van der Waals surface area contributed by atoms with Gasteiger partial charge in [0.25, 0.3) is 5.91 Å². The third-order valence-electron chi connectivity index (χ3n) is 4.59. The summed E-state index contributed by atoms with van der Waals surface area (Å²) >= 11 is 0. The van der Waals surface area contributed by atoms with Crippen LogP contribution in [0.25, 0.3) is 11.1 Å². The van der Waals surface area contributed by atoms with Crippen molar-refractivity contribution in [3.05, 3.63) is 96.3 Å². The summed E-state index contributed by atoms with van der Waals surface area (Å²) in [4.78, 5) is 24.6. The first-order valence-corrected chi connectivity index (χ1v) is 9.57. The molecule has 3 heterocycles. The summed E-state index contributed by atoms with van der Waals surface area (Å²) in [6.45, 7) is 0. The van der Waals surface area contributed by atoms with Gasteiger partial charge in [-0.2, -0.15) is 13.2 Å². The lowest BCUT2D eigenvalue weighted by Crippen LogP contribution is -2.13. The summed E-state index contributed by atoms with van der Waals surface area (Å²) in [5.74, 6) is -0.478. The number of halogens is 4. The number of carbonyl (C=O) groups excluding carboxylic acids is 1. The number of aromatic nitrogens is 3. The second-order valence-corrected chi connectivity index (χ2v) is 6.87. The van der Waals surface area contributed by atoms with Gasteiger partial charge < -0.3 is 10.6 Å². The van der Waals surface area contributed by atoms with Gasteiger partial charge in [-0.05, 0) is 48.0 Å². The van der Waals surface area contributed by atoms with Crippen molar-refractivity contribution in [2.75, 3.05) is 10.6 Å². The van der Waals surface area contributed by atoms with Crippen LogP contribution >= 0.6 is 0 Å². The van der Waals surface area contributed by atoms with Crippen LogP contribution in [0.4, 0.5) is 34.9 Å². The molecule has 2 N–H and O–H groups in total. The van der Waals surface area contributed by atoms with Gasteiger partial charge in [-0.15, -0.1) is 0 Å². The van der Waals surface area contributed by atoms with E-state index >= 15 is 0 Å². The lowest BCUT2D eigenvalue weighted by molar-refractivity contribution is -0.137. The minimum atomic E-state index is -4.49. The van der Waals surface area contributed by atoms with Crippen LogP contribution in [0, 0.1) is 5.82 Å². The monoisotopic (exact) mass is 453 g/mol. The summed E-state index contributed by atoms with van der Waals surface area (Å²) in [6.07, 6.45) is 0.632. The Kier molecular flexibility index (Phi) is 5.99. The largest absolute Gasteiger partial charge is 0.417 e. The molecule has 0 spiro atoms.